The highest BCUT2D eigenvalue weighted by Crippen LogP contribution is 1.99. The van der Waals surface area contributed by atoms with Gasteiger partial charge in [0.05, 0.1) is 6.54 Å². The zero-order valence-corrected chi connectivity index (χ0v) is 6.99. The van der Waals surface area contributed by atoms with Crippen molar-refractivity contribution in [3.8, 4) is 0 Å². The summed E-state index contributed by atoms with van der Waals surface area (Å²) in [7, 11) is 0. The van der Waals surface area contributed by atoms with Crippen LogP contribution < -0.4 is 0 Å². The van der Waals surface area contributed by atoms with E-state index in [0.29, 0.717) is 0 Å². The summed E-state index contributed by atoms with van der Waals surface area (Å²) in [5.41, 5.74) is 0. The topological polar surface area (TPSA) is 47.8 Å². The third-order valence-corrected chi connectivity index (χ3v) is 1.35. The van der Waals surface area contributed by atoms with Crippen LogP contribution in [0.2, 0.25) is 0 Å². The molecule has 0 spiro atoms. The Kier molecular flexibility index (Phi) is 2.52. The van der Waals surface area contributed by atoms with Crippen LogP contribution in [0.4, 0.5) is 4.39 Å². The molecule has 66 valence electrons. The molecule has 0 saturated carbocycles. The highest BCUT2D eigenvalue weighted by atomic mass is 19.1. The van der Waals surface area contributed by atoms with Crippen molar-refractivity contribution >= 4 is 5.78 Å². The summed E-state index contributed by atoms with van der Waals surface area (Å²) in [6, 6.07) is 0. The van der Waals surface area contributed by atoms with Crippen LogP contribution in [0.5, 0.6) is 0 Å². The molecule has 0 amide bonds. The normalized spacial score (nSPS) is 12.9. The SMILES string of the molecule is CC(=O)c1ncnn1CC(C)F. The van der Waals surface area contributed by atoms with Crippen molar-refractivity contribution in [2.24, 2.45) is 0 Å². The van der Waals surface area contributed by atoms with E-state index in [1.165, 1.54) is 24.9 Å². The first-order chi connectivity index (χ1) is 5.61. The molecule has 0 bridgehead atoms. The fourth-order valence-electron chi connectivity index (χ4n) is 0.909. The number of aromatic nitrogens is 3. The van der Waals surface area contributed by atoms with Crippen molar-refractivity contribution in [3.63, 3.8) is 0 Å². The number of hydrogen-bond donors (Lipinski definition) is 0. The number of nitrogens with zero attached hydrogens (tertiary/aromatic N) is 3. The smallest absolute Gasteiger partial charge is 0.196 e. The minimum atomic E-state index is -1.02. The molecule has 1 heterocycles. The van der Waals surface area contributed by atoms with E-state index in [0.717, 1.165) is 0 Å². The summed E-state index contributed by atoms with van der Waals surface area (Å²) in [5.74, 6) is 0.00708. The lowest BCUT2D eigenvalue weighted by molar-refractivity contribution is 0.0996. The molecule has 12 heavy (non-hydrogen) atoms. The van der Waals surface area contributed by atoms with Crippen LogP contribution >= 0.6 is 0 Å². The van der Waals surface area contributed by atoms with Gasteiger partial charge in [-0.15, -0.1) is 0 Å². The van der Waals surface area contributed by atoms with Gasteiger partial charge in [-0.3, -0.25) is 4.79 Å². The molecular weight excluding hydrogens is 161 g/mol. The molecule has 0 aliphatic carbocycles. The van der Waals surface area contributed by atoms with E-state index in [2.05, 4.69) is 10.1 Å². The second kappa shape index (κ2) is 3.42. The molecule has 0 saturated heterocycles. The first kappa shape index (κ1) is 8.83. The Bertz CT molecular complexity index is 282. The molecule has 4 nitrogen and oxygen atoms in total. The van der Waals surface area contributed by atoms with E-state index in [1.54, 1.807) is 0 Å². The zero-order valence-electron chi connectivity index (χ0n) is 6.99. The molecule has 0 fully saturated rings. The summed E-state index contributed by atoms with van der Waals surface area (Å²) in [4.78, 5) is 14.6. The van der Waals surface area contributed by atoms with Gasteiger partial charge in [-0.25, -0.2) is 14.1 Å². The summed E-state index contributed by atoms with van der Waals surface area (Å²) in [6.45, 7) is 2.87. The van der Waals surface area contributed by atoms with Crippen LogP contribution in [0.3, 0.4) is 0 Å². The number of hydrogen-bond acceptors (Lipinski definition) is 3. The van der Waals surface area contributed by atoms with E-state index < -0.39 is 6.17 Å². The molecule has 1 aromatic heterocycles. The van der Waals surface area contributed by atoms with Crippen LogP contribution in [0.25, 0.3) is 0 Å². The van der Waals surface area contributed by atoms with Gasteiger partial charge in [0, 0.05) is 6.92 Å². The second-order valence-electron chi connectivity index (χ2n) is 2.60. The maximum absolute atomic E-state index is 12.5. The molecule has 5 heteroatoms. The van der Waals surface area contributed by atoms with Gasteiger partial charge in [0.15, 0.2) is 11.6 Å². The molecule has 1 unspecified atom stereocenters. The van der Waals surface area contributed by atoms with Crippen molar-refractivity contribution in [2.45, 2.75) is 26.6 Å². The van der Waals surface area contributed by atoms with Crippen LogP contribution in [0.1, 0.15) is 24.5 Å². The Hall–Kier alpha value is -1.26. The summed E-state index contributed by atoms with van der Waals surface area (Å²) in [6.07, 6.45) is 0.226. The van der Waals surface area contributed by atoms with Gasteiger partial charge in [0.1, 0.15) is 12.5 Å². The Morgan fingerprint density at radius 2 is 2.50 bits per heavy atom. The van der Waals surface area contributed by atoms with E-state index in [4.69, 9.17) is 0 Å². The van der Waals surface area contributed by atoms with Crippen molar-refractivity contribution < 1.29 is 9.18 Å². The highest BCUT2D eigenvalue weighted by Gasteiger charge is 2.10. The van der Waals surface area contributed by atoms with E-state index in [-0.39, 0.29) is 18.2 Å². The van der Waals surface area contributed by atoms with E-state index >= 15 is 0 Å². The molecule has 0 radical (unpaired) electrons. The number of halogens is 1. The minimum Gasteiger partial charge on any atom is -0.291 e. The maximum atomic E-state index is 12.5. The van der Waals surface area contributed by atoms with Crippen molar-refractivity contribution in [1.29, 1.82) is 0 Å². The molecule has 0 aliphatic rings. The summed E-state index contributed by atoms with van der Waals surface area (Å²) < 4.78 is 13.8. The number of ketones is 1. The van der Waals surface area contributed by atoms with Gasteiger partial charge in [0.25, 0.3) is 0 Å². The third-order valence-electron chi connectivity index (χ3n) is 1.35. The molecule has 1 atom stereocenters. The Morgan fingerprint density at radius 3 is 3.00 bits per heavy atom. The van der Waals surface area contributed by atoms with Crippen LogP contribution in [-0.2, 0) is 6.54 Å². The van der Waals surface area contributed by atoms with Crippen molar-refractivity contribution in [3.05, 3.63) is 12.2 Å². The average Bonchev–Trinajstić information content (AvgIpc) is 2.33. The fourth-order valence-corrected chi connectivity index (χ4v) is 0.909. The lowest BCUT2D eigenvalue weighted by Crippen LogP contribution is -2.14. The largest absolute Gasteiger partial charge is 0.291 e. The highest BCUT2D eigenvalue weighted by molar-refractivity contribution is 5.90. The predicted octanol–water partition coefficient (Wildman–Crippen LogP) is 0.839. The van der Waals surface area contributed by atoms with E-state index in [9.17, 15) is 9.18 Å². The maximum Gasteiger partial charge on any atom is 0.196 e. The Morgan fingerprint density at radius 1 is 1.83 bits per heavy atom. The molecular formula is C7H10FN3O. The van der Waals surface area contributed by atoms with Crippen LogP contribution in [0, 0.1) is 0 Å². The lowest BCUT2D eigenvalue weighted by Gasteiger charge is -2.03. The van der Waals surface area contributed by atoms with Crippen LogP contribution in [-0.4, -0.2) is 26.7 Å². The van der Waals surface area contributed by atoms with Gasteiger partial charge in [-0.1, -0.05) is 0 Å². The molecule has 1 aromatic rings. The first-order valence-electron chi connectivity index (χ1n) is 3.64. The number of Topliss-reactive ketones (excluding diaryl/α,β-unsaturated/α-hetero) is 1. The number of rotatable bonds is 3. The molecule has 0 aromatic carbocycles. The van der Waals surface area contributed by atoms with Crippen molar-refractivity contribution in [2.75, 3.05) is 0 Å². The lowest BCUT2D eigenvalue weighted by atomic mass is 10.4. The van der Waals surface area contributed by atoms with Gasteiger partial charge in [-0.05, 0) is 6.92 Å². The standard InChI is InChI=1S/C7H10FN3O/c1-5(8)3-11-7(6(2)12)9-4-10-11/h4-5H,3H2,1-2H3. The molecule has 0 N–H and O–H groups in total. The third kappa shape index (κ3) is 1.87. The molecule has 1 rings (SSSR count). The van der Waals surface area contributed by atoms with Crippen molar-refractivity contribution in [1.82, 2.24) is 14.8 Å². The zero-order chi connectivity index (χ0) is 9.14. The average molecular weight is 171 g/mol. The van der Waals surface area contributed by atoms with Gasteiger partial charge in [0.2, 0.25) is 0 Å². The number of alkyl halides is 1. The second-order valence-corrected chi connectivity index (χ2v) is 2.60. The monoisotopic (exact) mass is 171 g/mol. The first-order valence-corrected chi connectivity index (χ1v) is 3.64. The fraction of sp³-hybridized carbons (Fsp3) is 0.571. The summed E-state index contributed by atoms with van der Waals surface area (Å²) >= 11 is 0. The number of carbonyl (C=O) groups is 1. The predicted molar refractivity (Wildman–Crippen MR) is 40.6 cm³/mol. The summed E-state index contributed by atoms with van der Waals surface area (Å²) in [5, 5.41) is 3.72. The Labute approximate surface area is 69.4 Å². The van der Waals surface area contributed by atoms with E-state index in [1.807, 2.05) is 0 Å². The van der Waals surface area contributed by atoms with Crippen LogP contribution in [0.15, 0.2) is 6.33 Å². The Balaban J connectivity index is 2.84. The number of carbonyl (C=O) groups excluding carboxylic acids is 1. The van der Waals surface area contributed by atoms with Gasteiger partial charge in [-0.2, -0.15) is 5.10 Å². The minimum absolute atomic E-state index is 0.0783. The van der Waals surface area contributed by atoms with Gasteiger partial charge >= 0.3 is 0 Å². The van der Waals surface area contributed by atoms with Gasteiger partial charge < -0.3 is 0 Å². The molecule has 0 aliphatic heterocycles. The quantitative estimate of drug-likeness (QED) is 0.633.